The molecule has 0 saturated heterocycles. The molecule has 0 unspecified atom stereocenters. The van der Waals surface area contributed by atoms with Crippen LogP contribution in [0.15, 0.2) is 60.7 Å². The van der Waals surface area contributed by atoms with Crippen molar-refractivity contribution in [2.75, 3.05) is 13.2 Å². The van der Waals surface area contributed by atoms with E-state index in [0.29, 0.717) is 19.6 Å². The van der Waals surface area contributed by atoms with Crippen LogP contribution in [0.3, 0.4) is 0 Å². The first-order valence-electron chi connectivity index (χ1n) is 6.84. The number of hydrogen-bond acceptors (Lipinski definition) is 3. The lowest BCUT2D eigenvalue weighted by Gasteiger charge is -2.28. The maximum absolute atomic E-state index is 10.8. The van der Waals surface area contributed by atoms with Crippen LogP contribution in [0.1, 0.15) is 17.5 Å². The fourth-order valence-corrected chi connectivity index (χ4v) is 2.20. The van der Waals surface area contributed by atoms with Crippen molar-refractivity contribution in [1.29, 1.82) is 0 Å². The lowest BCUT2D eigenvalue weighted by molar-refractivity contribution is -0.0602. The number of nitrogens with two attached hydrogens (primary N) is 1. The largest absolute Gasteiger partial charge is 0.383 e. The van der Waals surface area contributed by atoms with Gasteiger partial charge in [0.2, 0.25) is 0 Å². The zero-order chi connectivity index (χ0) is 14.3. The summed E-state index contributed by atoms with van der Waals surface area (Å²) in [5, 5.41) is 10.8. The van der Waals surface area contributed by atoms with E-state index in [-0.39, 0.29) is 6.61 Å². The SMILES string of the molecule is NCC[C@@](O)(COCc1ccccc1)c1ccccc1. The molecule has 2 rings (SSSR count). The van der Waals surface area contributed by atoms with Crippen molar-refractivity contribution in [2.45, 2.75) is 18.6 Å². The van der Waals surface area contributed by atoms with Crippen LogP contribution in [0.2, 0.25) is 0 Å². The summed E-state index contributed by atoms with van der Waals surface area (Å²) in [5.41, 5.74) is 6.54. The highest BCUT2D eigenvalue weighted by atomic mass is 16.5. The van der Waals surface area contributed by atoms with Gasteiger partial charge in [-0.3, -0.25) is 0 Å². The molecule has 2 aromatic carbocycles. The Morgan fingerprint density at radius 2 is 1.55 bits per heavy atom. The minimum absolute atomic E-state index is 0.239. The molecule has 0 aromatic heterocycles. The van der Waals surface area contributed by atoms with Gasteiger partial charge in [-0.25, -0.2) is 0 Å². The van der Waals surface area contributed by atoms with Gasteiger partial charge in [0, 0.05) is 0 Å². The van der Waals surface area contributed by atoms with Crippen molar-refractivity contribution in [3.8, 4) is 0 Å². The lowest BCUT2D eigenvalue weighted by atomic mass is 9.91. The van der Waals surface area contributed by atoms with Crippen molar-refractivity contribution in [1.82, 2.24) is 0 Å². The molecule has 0 aliphatic rings. The van der Waals surface area contributed by atoms with E-state index in [0.717, 1.165) is 11.1 Å². The molecule has 0 aliphatic heterocycles. The summed E-state index contributed by atoms with van der Waals surface area (Å²) < 4.78 is 5.69. The predicted octanol–water partition coefficient (Wildman–Crippen LogP) is 2.44. The first kappa shape index (κ1) is 14.7. The molecular weight excluding hydrogens is 250 g/mol. The van der Waals surface area contributed by atoms with Gasteiger partial charge in [-0.15, -0.1) is 0 Å². The van der Waals surface area contributed by atoms with Gasteiger partial charge in [-0.1, -0.05) is 60.7 Å². The second-order valence-corrected chi connectivity index (χ2v) is 4.91. The number of hydrogen-bond donors (Lipinski definition) is 2. The zero-order valence-electron chi connectivity index (χ0n) is 11.5. The molecule has 2 aromatic rings. The van der Waals surface area contributed by atoms with Crippen LogP contribution in [-0.2, 0) is 16.9 Å². The van der Waals surface area contributed by atoms with Gasteiger partial charge >= 0.3 is 0 Å². The summed E-state index contributed by atoms with van der Waals surface area (Å²) >= 11 is 0. The summed E-state index contributed by atoms with van der Waals surface area (Å²) in [5.74, 6) is 0. The van der Waals surface area contributed by atoms with Crippen LogP contribution in [0.25, 0.3) is 0 Å². The monoisotopic (exact) mass is 271 g/mol. The highest BCUT2D eigenvalue weighted by molar-refractivity contribution is 5.22. The lowest BCUT2D eigenvalue weighted by Crippen LogP contribution is -2.34. The van der Waals surface area contributed by atoms with Gasteiger partial charge in [0.25, 0.3) is 0 Å². The van der Waals surface area contributed by atoms with Crippen LogP contribution >= 0.6 is 0 Å². The molecule has 0 aliphatic carbocycles. The second kappa shape index (κ2) is 7.20. The average molecular weight is 271 g/mol. The summed E-state index contributed by atoms with van der Waals surface area (Å²) in [6.07, 6.45) is 0.478. The average Bonchev–Trinajstić information content (AvgIpc) is 2.49. The molecular formula is C17H21NO2. The molecule has 1 atom stereocenters. The minimum atomic E-state index is -1.02. The van der Waals surface area contributed by atoms with Crippen LogP contribution in [0.4, 0.5) is 0 Å². The Morgan fingerprint density at radius 1 is 0.950 bits per heavy atom. The first-order valence-corrected chi connectivity index (χ1v) is 6.84. The fourth-order valence-electron chi connectivity index (χ4n) is 2.20. The smallest absolute Gasteiger partial charge is 0.114 e. The molecule has 0 amide bonds. The van der Waals surface area contributed by atoms with Gasteiger partial charge in [-0.05, 0) is 24.1 Å². The molecule has 0 bridgehead atoms. The van der Waals surface area contributed by atoms with Gasteiger partial charge in [0.1, 0.15) is 5.60 Å². The normalized spacial score (nSPS) is 13.9. The molecule has 0 fully saturated rings. The minimum Gasteiger partial charge on any atom is -0.383 e. The summed E-state index contributed by atoms with van der Waals surface area (Å²) in [4.78, 5) is 0. The fraction of sp³-hybridized carbons (Fsp3) is 0.294. The highest BCUT2D eigenvalue weighted by Gasteiger charge is 2.28. The van der Waals surface area contributed by atoms with Crippen molar-refractivity contribution < 1.29 is 9.84 Å². The molecule has 3 N–H and O–H groups in total. The van der Waals surface area contributed by atoms with Gasteiger partial charge in [-0.2, -0.15) is 0 Å². The van der Waals surface area contributed by atoms with Crippen molar-refractivity contribution >= 4 is 0 Å². The summed E-state index contributed by atoms with van der Waals surface area (Å²) in [7, 11) is 0. The Bertz CT molecular complexity index is 501. The standard InChI is InChI=1S/C17H21NO2/c18-12-11-17(19,16-9-5-2-6-10-16)14-20-13-15-7-3-1-4-8-15/h1-10,19H,11-14,18H2/t17-/m1/s1. The number of ether oxygens (including phenoxy) is 1. The third kappa shape index (κ3) is 3.90. The first-order chi connectivity index (χ1) is 9.74. The van der Waals surface area contributed by atoms with E-state index < -0.39 is 5.60 Å². The molecule has 3 nitrogen and oxygen atoms in total. The Morgan fingerprint density at radius 3 is 2.15 bits per heavy atom. The number of benzene rings is 2. The predicted molar refractivity (Wildman–Crippen MR) is 80.1 cm³/mol. The highest BCUT2D eigenvalue weighted by Crippen LogP contribution is 2.25. The number of aliphatic hydroxyl groups is 1. The van der Waals surface area contributed by atoms with E-state index in [2.05, 4.69) is 0 Å². The Labute approximate surface area is 120 Å². The molecule has 0 saturated carbocycles. The Kier molecular flexibility index (Phi) is 5.30. The molecule has 0 heterocycles. The molecule has 106 valence electrons. The zero-order valence-corrected chi connectivity index (χ0v) is 11.5. The summed E-state index contributed by atoms with van der Waals surface area (Å²) in [6, 6.07) is 19.5. The molecule has 0 radical (unpaired) electrons. The van der Waals surface area contributed by atoms with Gasteiger partial charge in [0.15, 0.2) is 0 Å². The maximum Gasteiger partial charge on any atom is 0.114 e. The van der Waals surface area contributed by atoms with E-state index in [9.17, 15) is 5.11 Å². The van der Waals surface area contributed by atoms with E-state index >= 15 is 0 Å². The van der Waals surface area contributed by atoms with Crippen LogP contribution in [0, 0.1) is 0 Å². The van der Waals surface area contributed by atoms with E-state index in [1.54, 1.807) is 0 Å². The number of rotatable bonds is 7. The molecule has 0 spiro atoms. The van der Waals surface area contributed by atoms with Gasteiger partial charge < -0.3 is 15.6 Å². The summed E-state index contributed by atoms with van der Waals surface area (Å²) in [6.45, 7) is 1.14. The van der Waals surface area contributed by atoms with E-state index in [1.165, 1.54) is 0 Å². The van der Waals surface area contributed by atoms with E-state index in [1.807, 2.05) is 60.7 Å². The third-order valence-electron chi connectivity index (χ3n) is 3.32. The third-order valence-corrected chi connectivity index (χ3v) is 3.32. The van der Waals surface area contributed by atoms with Gasteiger partial charge in [0.05, 0.1) is 13.2 Å². The van der Waals surface area contributed by atoms with E-state index in [4.69, 9.17) is 10.5 Å². The maximum atomic E-state index is 10.8. The Balaban J connectivity index is 1.99. The van der Waals surface area contributed by atoms with Crippen LogP contribution in [0.5, 0.6) is 0 Å². The Hall–Kier alpha value is -1.68. The van der Waals surface area contributed by atoms with Crippen molar-refractivity contribution in [2.24, 2.45) is 5.73 Å². The van der Waals surface area contributed by atoms with Crippen LogP contribution in [-0.4, -0.2) is 18.3 Å². The topological polar surface area (TPSA) is 55.5 Å². The quantitative estimate of drug-likeness (QED) is 0.813. The molecule has 3 heteroatoms. The van der Waals surface area contributed by atoms with Crippen molar-refractivity contribution in [3.63, 3.8) is 0 Å². The molecule has 20 heavy (non-hydrogen) atoms. The second-order valence-electron chi connectivity index (χ2n) is 4.91. The van der Waals surface area contributed by atoms with Crippen LogP contribution < -0.4 is 5.73 Å². The van der Waals surface area contributed by atoms with Crippen molar-refractivity contribution in [3.05, 3.63) is 71.8 Å².